The van der Waals surface area contributed by atoms with Gasteiger partial charge in [0.1, 0.15) is 25.4 Å². The summed E-state index contributed by atoms with van der Waals surface area (Å²) in [5.74, 6) is 0.893. The number of nitrogens with two attached hydrogens (primary N) is 1. The van der Waals surface area contributed by atoms with Crippen molar-refractivity contribution in [3.8, 4) is 5.75 Å². The van der Waals surface area contributed by atoms with Gasteiger partial charge < -0.3 is 15.2 Å². The third-order valence-corrected chi connectivity index (χ3v) is 2.20. The number of ether oxygens (including phenoxy) is 1. The number of quaternary nitrogens is 1. The Kier molecular flexibility index (Phi) is 5.61. The second kappa shape index (κ2) is 7.04. The lowest BCUT2D eigenvalue weighted by atomic mass is 10.2. The quantitative estimate of drug-likeness (QED) is 0.667. The molecule has 1 aromatic rings. The van der Waals surface area contributed by atoms with Gasteiger partial charge in [0.2, 0.25) is 0 Å². The van der Waals surface area contributed by atoms with Crippen molar-refractivity contribution in [2.24, 2.45) is 0 Å². The summed E-state index contributed by atoms with van der Waals surface area (Å²) in [5, 5.41) is 11.2. The number of para-hydroxylation sites is 1. The SMILES string of the molecule is C=CCOc1ccccc1C[NH2+]C[C@@H](C)O. The Bertz CT molecular complexity index is 323. The molecule has 88 valence electrons. The Labute approximate surface area is 96.8 Å². The van der Waals surface area contributed by atoms with Gasteiger partial charge in [-0.3, -0.25) is 0 Å². The van der Waals surface area contributed by atoms with Crippen molar-refractivity contribution in [3.05, 3.63) is 42.5 Å². The lowest BCUT2D eigenvalue weighted by molar-refractivity contribution is -0.676. The molecule has 1 rings (SSSR count). The summed E-state index contributed by atoms with van der Waals surface area (Å²) >= 11 is 0. The second-order valence-corrected chi connectivity index (χ2v) is 3.78. The largest absolute Gasteiger partial charge is 0.489 e. The van der Waals surface area contributed by atoms with E-state index in [9.17, 15) is 0 Å². The second-order valence-electron chi connectivity index (χ2n) is 3.78. The Balaban J connectivity index is 2.52. The molecule has 16 heavy (non-hydrogen) atoms. The zero-order valence-electron chi connectivity index (χ0n) is 9.73. The predicted molar refractivity (Wildman–Crippen MR) is 64.3 cm³/mol. The summed E-state index contributed by atoms with van der Waals surface area (Å²) in [4.78, 5) is 0. The zero-order chi connectivity index (χ0) is 11.8. The molecular weight excluding hydrogens is 202 g/mol. The standard InChI is InChI=1S/C13H19NO2/c1-3-8-16-13-7-5-4-6-12(13)10-14-9-11(2)15/h3-7,11,14-15H,1,8-10H2,2H3/p+1/t11-/m1/s1. The van der Waals surface area contributed by atoms with E-state index in [0.717, 1.165) is 17.9 Å². The van der Waals surface area contributed by atoms with Gasteiger partial charge >= 0.3 is 0 Å². The summed E-state index contributed by atoms with van der Waals surface area (Å²) in [6, 6.07) is 7.94. The van der Waals surface area contributed by atoms with Gasteiger partial charge in [0.05, 0.1) is 6.10 Å². The van der Waals surface area contributed by atoms with Crippen molar-refractivity contribution in [2.45, 2.75) is 19.6 Å². The van der Waals surface area contributed by atoms with Crippen LogP contribution in [0.3, 0.4) is 0 Å². The summed E-state index contributed by atoms with van der Waals surface area (Å²) in [7, 11) is 0. The van der Waals surface area contributed by atoms with Gasteiger partial charge in [-0.1, -0.05) is 24.8 Å². The van der Waals surface area contributed by atoms with Crippen molar-refractivity contribution >= 4 is 0 Å². The fourth-order valence-electron chi connectivity index (χ4n) is 1.44. The fraction of sp³-hybridized carbons (Fsp3) is 0.385. The number of rotatable bonds is 7. The number of hydrogen-bond donors (Lipinski definition) is 2. The monoisotopic (exact) mass is 222 g/mol. The molecule has 3 heteroatoms. The topological polar surface area (TPSA) is 46.1 Å². The van der Waals surface area contributed by atoms with E-state index in [4.69, 9.17) is 9.84 Å². The first-order valence-electron chi connectivity index (χ1n) is 5.55. The third kappa shape index (κ3) is 4.47. The molecule has 0 spiro atoms. The maximum atomic E-state index is 9.17. The van der Waals surface area contributed by atoms with E-state index in [0.29, 0.717) is 13.2 Å². The first-order chi connectivity index (χ1) is 7.74. The van der Waals surface area contributed by atoms with Gasteiger partial charge in [0.25, 0.3) is 0 Å². The van der Waals surface area contributed by atoms with Gasteiger partial charge in [-0.05, 0) is 19.1 Å². The number of hydrogen-bond acceptors (Lipinski definition) is 2. The molecule has 0 aliphatic rings. The van der Waals surface area contributed by atoms with Crippen LogP contribution in [0.4, 0.5) is 0 Å². The van der Waals surface area contributed by atoms with Crippen molar-refractivity contribution in [3.63, 3.8) is 0 Å². The van der Waals surface area contributed by atoms with Gasteiger partial charge in [0.15, 0.2) is 0 Å². The molecule has 0 radical (unpaired) electrons. The van der Waals surface area contributed by atoms with Crippen LogP contribution in [0.15, 0.2) is 36.9 Å². The molecule has 0 unspecified atom stereocenters. The zero-order valence-corrected chi connectivity index (χ0v) is 9.73. The highest BCUT2D eigenvalue weighted by Crippen LogP contribution is 2.16. The van der Waals surface area contributed by atoms with Crippen LogP contribution in [0.5, 0.6) is 5.75 Å². The smallest absolute Gasteiger partial charge is 0.128 e. The van der Waals surface area contributed by atoms with Crippen molar-refractivity contribution in [2.75, 3.05) is 13.2 Å². The van der Waals surface area contributed by atoms with Crippen LogP contribution < -0.4 is 10.1 Å². The first kappa shape index (κ1) is 12.7. The molecule has 3 N–H and O–H groups in total. The van der Waals surface area contributed by atoms with Crippen LogP contribution in [0, 0.1) is 0 Å². The van der Waals surface area contributed by atoms with E-state index in [1.807, 2.05) is 24.3 Å². The highest BCUT2D eigenvalue weighted by atomic mass is 16.5. The van der Waals surface area contributed by atoms with Crippen LogP contribution in [0.2, 0.25) is 0 Å². The molecule has 0 fully saturated rings. The molecule has 0 aliphatic heterocycles. The van der Waals surface area contributed by atoms with E-state index in [1.54, 1.807) is 13.0 Å². The van der Waals surface area contributed by atoms with Crippen LogP contribution in [0.25, 0.3) is 0 Å². The van der Waals surface area contributed by atoms with Crippen LogP contribution in [0.1, 0.15) is 12.5 Å². The van der Waals surface area contributed by atoms with Crippen molar-refractivity contribution in [1.29, 1.82) is 0 Å². The Hall–Kier alpha value is -1.32. The lowest BCUT2D eigenvalue weighted by Crippen LogP contribution is -2.84. The number of aliphatic hydroxyl groups excluding tert-OH is 1. The average molecular weight is 222 g/mol. The number of aliphatic hydroxyl groups is 1. The molecule has 1 aromatic carbocycles. The van der Waals surface area contributed by atoms with E-state index in [-0.39, 0.29) is 6.10 Å². The molecule has 3 nitrogen and oxygen atoms in total. The summed E-state index contributed by atoms with van der Waals surface area (Å²) < 4.78 is 5.54. The molecule has 0 aliphatic carbocycles. The lowest BCUT2D eigenvalue weighted by Gasteiger charge is -2.09. The van der Waals surface area contributed by atoms with Crippen LogP contribution >= 0.6 is 0 Å². The highest BCUT2D eigenvalue weighted by Gasteiger charge is 2.05. The minimum absolute atomic E-state index is 0.277. The minimum Gasteiger partial charge on any atom is -0.489 e. The molecule has 0 saturated heterocycles. The predicted octanol–water partition coefficient (Wildman–Crippen LogP) is 0.696. The summed E-state index contributed by atoms with van der Waals surface area (Å²) in [6.45, 7) is 7.46. The average Bonchev–Trinajstić information content (AvgIpc) is 2.27. The molecule has 0 amide bonds. The molecule has 0 aromatic heterocycles. The van der Waals surface area contributed by atoms with E-state index >= 15 is 0 Å². The summed E-state index contributed by atoms with van der Waals surface area (Å²) in [6.07, 6.45) is 1.46. The molecule has 0 bridgehead atoms. The molecule has 1 atom stereocenters. The highest BCUT2D eigenvalue weighted by molar-refractivity contribution is 5.32. The van der Waals surface area contributed by atoms with Crippen LogP contribution in [-0.2, 0) is 6.54 Å². The van der Waals surface area contributed by atoms with E-state index < -0.39 is 0 Å². The van der Waals surface area contributed by atoms with Crippen molar-refractivity contribution in [1.82, 2.24) is 0 Å². The van der Waals surface area contributed by atoms with Crippen LogP contribution in [-0.4, -0.2) is 24.4 Å². The van der Waals surface area contributed by atoms with Crippen molar-refractivity contribution < 1.29 is 15.2 Å². The summed E-state index contributed by atoms with van der Waals surface area (Å²) in [5.41, 5.74) is 1.14. The van der Waals surface area contributed by atoms with Gasteiger partial charge in [-0.25, -0.2) is 0 Å². The van der Waals surface area contributed by atoms with Gasteiger partial charge in [-0.2, -0.15) is 0 Å². The Morgan fingerprint density at radius 2 is 2.25 bits per heavy atom. The molecular formula is C13H20NO2+. The Morgan fingerprint density at radius 1 is 1.50 bits per heavy atom. The maximum Gasteiger partial charge on any atom is 0.128 e. The first-order valence-corrected chi connectivity index (χ1v) is 5.55. The number of benzene rings is 1. The Morgan fingerprint density at radius 3 is 2.94 bits per heavy atom. The fourth-order valence-corrected chi connectivity index (χ4v) is 1.44. The van der Waals surface area contributed by atoms with Gasteiger partial charge in [0, 0.05) is 5.56 Å². The minimum atomic E-state index is -0.277. The van der Waals surface area contributed by atoms with E-state index in [2.05, 4.69) is 11.9 Å². The van der Waals surface area contributed by atoms with E-state index in [1.165, 1.54) is 0 Å². The molecule has 0 saturated carbocycles. The third-order valence-electron chi connectivity index (χ3n) is 2.20. The normalized spacial score (nSPS) is 12.1. The van der Waals surface area contributed by atoms with Gasteiger partial charge in [-0.15, -0.1) is 0 Å². The maximum absolute atomic E-state index is 9.17. The molecule has 0 heterocycles.